The molecule has 5 heteroatoms. The van der Waals surface area contributed by atoms with Crippen LogP contribution in [0.1, 0.15) is 47.0 Å². The maximum Gasteiger partial charge on any atom is 0.141 e. The fourth-order valence-electron chi connectivity index (χ4n) is 4.13. The van der Waals surface area contributed by atoms with Crippen molar-refractivity contribution in [2.24, 2.45) is 0 Å². The van der Waals surface area contributed by atoms with Crippen LogP contribution in [0.4, 0.5) is 8.78 Å². The first-order valence-electron chi connectivity index (χ1n) is 11.9. The van der Waals surface area contributed by atoms with Crippen LogP contribution in [0, 0.1) is 23.0 Å². The highest BCUT2D eigenvalue weighted by Gasteiger charge is 2.10. The molecule has 4 rings (SSSR count). The highest BCUT2D eigenvalue weighted by molar-refractivity contribution is 5.84. The van der Waals surface area contributed by atoms with Crippen molar-refractivity contribution in [3.63, 3.8) is 0 Å². The van der Waals surface area contributed by atoms with Crippen LogP contribution in [0.5, 0.6) is 0 Å². The summed E-state index contributed by atoms with van der Waals surface area (Å²) in [5, 5.41) is 10.3. The van der Waals surface area contributed by atoms with E-state index in [-0.39, 0.29) is 11.4 Å². The van der Waals surface area contributed by atoms with Crippen molar-refractivity contribution in [2.45, 2.75) is 45.4 Å². The van der Waals surface area contributed by atoms with Crippen molar-refractivity contribution in [1.29, 1.82) is 5.26 Å². The number of aryl methyl sites for hydroxylation is 5. The van der Waals surface area contributed by atoms with E-state index in [1.54, 1.807) is 12.1 Å². The van der Waals surface area contributed by atoms with E-state index in [1.165, 1.54) is 12.1 Å². The second-order valence-electron chi connectivity index (χ2n) is 8.64. The Hall–Kier alpha value is -3.91. The van der Waals surface area contributed by atoms with Crippen LogP contribution in [0.3, 0.4) is 0 Å². The summed E-state index contributed by atoms with van der Waals surface area (Å²) in [7, 11) is 0. The molecule has 3 nitrogen and oxygen atoms in total. The summed E-state index contributed by atoms with van der Waals surface area (Å²) in [5.41, 5.74) is 3.60. The third-order valence-corrected chi connectivity index (χ3v) is 6.17. The fourth-order valence-corrected chi connectivity index (χ4v) is 4.13. The summed E-state index contributed by atoms with van der Waals surface area (Å²) in [4.78, 5) is 8.97. The second-order valence-corrected chi connectivity index (χ2v) is 8.64. The minimum absolute atomic E-state index is 0.0186. The Kier molecular flexibility index (Phi) is 7.95. The maximum atomic E-state index is 15.2. The Bertz CT molecular complexity index is 1390. The van der Waals surface area contributed by atoms with E-state index in [0.29, 0.717) is 23.8 Å². The third-order valence-electron chi connectivity index (χ3n) is 6.17. The molecular formula is C30H27F2N3. The van der Waals surface area contributed by atoms with E-state index in [1.807, 2.05) is 55.7 Å². The van der Waals surface area contributed by atoms with E-state index in [4.69, 9.17) is 5.26 Å². The molecule has 0 saturated carbocycles. The Morgan fingerprint density at radius 1 is 0.829 bits per heavy atom. The molecule has 0 aliphatic carbocycles. The molecule has 0 radical (unpaired) electrons. The van der Waals surface area contributed by atoms with Gasteiger partial charge in [-0.25, -0.2) is 18.7 Å². The van der Waals surface area contributed by atoms with Gasteiger partial charge in [0, 0.05) is 24.2 Å². The number of allylic oxidation sites excluding steroid dienone is 2. The van der Waals surface area contributed by atoms with Gasteiger partial charge in [0.2, 0.25) is 0 Å². The van der Waals surface area contributed by atoms with Crippen molar-refractivity contribution >= 4 is 10.8 Å². The number of nitriles is 1. The number of rotatable bonds is 9. The SMILES string of the molecule is C/C=C/CCc1cnc(CCc2ccc3c(F)c(CCc4ccc(C#N)c(F)c4)ccc3c2)nc1. The first kappa shape index (κ1) is 24.2. The lowest BCUT2D eigenvalue weighted by Gasteiger charge is -2.09. The molecule has 3 aromatic carbocycles. The fraction of sp³-hybridized carbons (Fsp3) is 0.233. The van der Waals surface area contributed by atoms with Gasteiger partial charge in [-0.15, -0.1) is 0 Å². The third kappa shape index (κ3) is 6.16. The lowest BCUT2D eigenvalue weighted by Crippen LogP contribution is -2.00. The zero-order chi connectivity index (χ0) is 24.6. The predicted molar refractivity (Wildman–Crippen MR) is 135 cm³/mol. The summed E-state index contributed by atoms with van der Waals surface area (Å²) < 4.78 is 29.0. The Morgan fingerprint density at radius 3 is 2.31 bits per heavy atom. The van der Waals surface area contributed by atoms with Crippen molar-refractivity contribution in [3.05, 3.63) is 118 Å². The lowest BCUT2D eigenvalue weighted by molar-refractivity contribution is 0.616. The van der Waals surface area contributed by atoms with Gasteiger partial charge in [-0.2, -0.15) is 5.26 Å². The van der Waals surface area contributed by atoms with Crippen LogP contribution in [0.2, 0.25) is 0 Å². The van der Waals surface area contributed by atoms with Gasteiger partial charge in [0.25, 0.3) is 0 Å². The van der Waals surface area contributed by atoms with Gasteiger partial charge >= 0.3 is 0 Å². The van der Waals surface area contributed by atoms with Crippen LogP contribution in [-0.4, -0.2) is 9.97 Å². The standard InChI is InChI=1S/C30H27F2N3/c1-2-3-4-5-23-19-34-29(35-20-23)15-9-21-8-14-27-25(16-21)13-12-24(30(27)32)10-6-22-7-11-26(18-33)28(31)17-22/h2-3,7-8,11-14,16-17,19-20H,4-6,9-10,15H2,1H3/b3-2+. The van der Waals surface area contributed by atoms with E-state index in [0.717, 1.165) is 53.6 Å². The minimum atomic E-state index is -0.540. The number of fused-ring (bicyclic) bond motifs is 1. The average molecular weight is 468 g/mol. The number of hydrogen-bond donors (Lipinski definition) is 0. The van der Waals surface area contributed by atoms with Crippen molar-refractivity contribution in [1.82, 2.24) is 9.97 Å². The summed E-state index contributed by atoms with van der Waals surface area (Å²) in [6.07, 6.45) is 12.4. The summed E-state index contributed by atoms with van der Waals surface area (Å²) in [6.45, 7) is 2.02. The first-order chi connectivity index (χ1) is 17.1. The summed E-state index contributed by atoms with van der Waals surface area (Å²) in [5.74, 6) is 0.0305. The molecule has 1 heterocycles. The molecule has 0 N–H and O–H groups in total. The molecule has 0 atom stereocenters. The molecule has 35 heavy (non-hydrogen) atoms. The summed E-state index contributed by atoms with van der Waals surface area (Å²) >= 11 is 0. The number of halogens is 2. The van der Waals surface area contributed by atoms with Crippen LogP contribution < -0.4 is 0 Å². The quantitative estimate of drug-likeness (QED) is 0.253. The van der Waals surface area contributed by atoms with E-state index < -0.39 is 5.82 Å². The van der Waals surface area contributed by atoms with Crippen molar-refractivity contribution < 1.29 is 8.78 Å². The molecule has 0 unspecified atom stereocenters. The number of hydrogen-bond acceptors (Lipinski definition) is 3. The highest BCUT2D eigenvalue weighted by atomic mass is 19.1. The minimum Gasteiger partial charge on any atom is -0.241 e. The van der Waals surface area contributed by atoms with Crippen molar-refractivity contribution in [2.75, 3.05) is 0 Å². The van der Waals surface area contributed by atoms with Gasteiger partial charge in [-0.05, 0) is 78.8 Å². The molecule has 0 amide bonds. The number of nitrogens with zero attached hydrogens (tertiary/aromatic N) is 3. The molecule has 1 aromatic heterocycles. The predicted octanol–water partition coefficient (Wildman–Crippen LogP) is 6.86. The topological polar surface area (TPSA) is 49.6 Å². The summed E-state index contributed by atoms with van der Waals surface area (Å²) in [6, 6.07) is 15.9. The largest absolute Gasteiger partial charge is 0.241 e. The van der Waals surface area contributed by atoms with E-state index >= 15 is 4.39 Å². The second kappa shape index (κ2) is 11.5. The van der Waals surface area contributed by atoms with Crippen LogP contribution in [0.15, 0.2) is 73.1 Å². The Morgan fingerprint density at radius 2 is 1.57 bits per heavy atom. The molecular weight excluding hydrogens is 440 g/mol. The highest BCUT2D eigenvalue weighted by Crippen LogP contribution is 2.24. The zero-order valence-electron chi connectivity index (χ0n) is 19.8. The monoisotopic (exact) mass is 467 g/mol. The van der Waals surface area contributed by atoms with Crippen LogP contribution in [-0.2, 0) is 32.1 Å². The van der Waals surface area contributed by atoms with Gasteiger partial charge < -0.3 is 0 Å². The molecule has 4 aromatic rings. The Balaban J connectivity index is 1.39. The number of aromatic nitrogens is 2. The van der Waals surface area contributed by atoms with Gasteiger partial charge in [0.05, 0.1) is 5.56 Å². The zero-order valence-corrected chi connectivity index (χ0v) is 19.8. The molecule has 176 valence electrons. The molecule has 0 aliphatic heterocycles. The van der Waals surface area contributed by atoms with Gasteiger partial charge in [-0.1, -0.05) is 48.6 Å². The van der Waals surface area contributed by atoms with Crippen LogP contribution >= 0.6 is 0 Å². The molecule has 0 spiro atoms. The molecule has 0 bridgehead atoms. The van der Waals surface area contributed by atoms with Gasteiger partial charge in [0.1, 0.15) is 23.5 Å². The smallest absolute Gasteiger partial charge is 0.141 e. The van der Waals surface area contributed by atoms with E-state index in [9.17, 15) is 4.39 Å². The molecule has 0 aliphatic rings. The van der Waals surface area contributed by atoms with Crippen LogP contribution in [0.25, 0.3) is 10.8 Å². The maximum absolute atomic E-state index is 15.2. The van der Waals surface area contributed by atoms with Crippen molar-refractivity contribution in [3.8, 4) is 6.07 Å². The molecule has 0 saturated heterocycles. The Labute approximate surface area is 204 Å². The van der Waals surface area contributed by atoms with Gasteiger partial charge in [-0.3, -0.25) is 0 Å². The van der Waals surface area contributed by atoms with E-state index in [2.05, 4.69) is 16.0 Å². The number of benzene rings is 3. The lowest BCUT2D eigenvalue weighted by atomic mass is 9.98. The normalized spacial score (nSPS) is 11.3. The van der Waals surface area contributed by atoms with Gasteiger partial charge in [0.15, 0.2) is 0 Å². The average Bonchev–Trinajstić information content (AvgIpc) is 2.88. The first-order valence-corrected chi connectivity index (χ1v) is 11.9. The molecule has 0 fully saturated rings.